The van der Waals surface area contributed by atoms with E-state index in [1.54, 1.807) is 4.90 Å². The molecule has 8 nitrogen and oxygen atoms in total. The Balaban J connectivity index is 1.11. The third-order valence-corrected chi connectivity index (χ3v) is 8.35. The number of hydrogen-bond donors (Lipinski definition) is 1. The van der Waals surface area contributed by atoms with Gasteiger partial charge in [-0.05, 0) is 37.8 Å². The average Bonchev–Trinajstić information content (AvgIpc) is 3.51. The number of nitrogens with one attached hydrogen (secondary N) is 1. The van der Waals surface area contributed by atoms with E-state index in [-0.39, 0.29) is 36.0 Å². The summed E-state index contributed by atoms with van der Waals surface area (Å²) >= 11 is 1.50. The Hall–Kier alpha value is -2.81. The van der Waals surface area contributed by atoms with Crippen LogP contribution < -0.4 is 10.2 Å². The van der Waals surface area contributed by atoms with Crippen LogP contribution in [0.3, 0.4) is 0 Å². The molecule has 3 fully saturated rings. The second-order valence-corrected chi connectivity index (χ2v) is 10.6. The van der Waals surface area contributed by atoms with Crippen LogP contribution in [0.5, 0.6) is 0 Å². The summed E-state index contributed by atoms with van der Waals surface area (Å²) in [5.41, 5.74) is 0.835. The normalized spacial score (nSPS) is 22.2. The first-order chi connectivity index (χ1) is 16.6. The predicted molar refractivity (Wildman–Crippen MR) is 131 cm³/mol. The SMILES string of the molecule is O=C(Nc1nnc(C2CCCCC2)s1)C1CCN(C(=O)C2CC(=O)N(c3ccccc3)C2)CC1. The van der Waals surface area contributed by atoms with E-state index in [0.29, 0.717) is 43.5 Å². The van der Waals surface area contributed by atoms with Crippen molar-refractivity contribution in [2.24, 2.45) is 11.8 Å². The van der Waals surface area contributed by atoms with Gasteiger partial charge in [-0.1, -0.05) is 48.8 Å². The van der Waals surface area contributed by atoms with Gasteiger partial charge in [0.15, 0.2) is 0 Å². The first-order valence-electron chi connectivity index (χ1n) is 12.4. The van der Waals surface area contributed by atoms with E-state index in [1.165, 1.54) is 30.6 Å². The van der Waals surface area contributed by atoms with Crippen molar-refractivity contribution in [3.05, 3.63) is 35.3 Å². The Kier molecular flexibility index (Phi) is 6.89. The lowest BCUT2D eigenvalue weighted by Gasteiger charge is -2.32. The summed E-state index contributed by atoms with van der Waals surface area (Å²) in [6, 6.07) is 9.49. The fraction of sp³-hybridized carbons (Fsp3) is 0.560. The van der Waals surface area contributed by atoms with Crippen LogP contribution in [0.2, 0.25) is 0 Å². The van der Waals surface area contributed by atoms with Crippen molar-refractivity contribution >= 4 is 39.9 Å². The second-order valence-electron chi connectivity index (χ2n) is 9.61. The molecular formula is C25H31N5O3S. The highest BCUT2D eigenvalue weighted by atomic mass is 32.1. The number of carbonyl (C=O) groups excluding carboxylic acids is 3. The van der Waals surface area contributed by atoms with Crippen LogP contribution in [0.15, 0.2) is 30.3 Å². The number of likely N-dealkylation sites (tertiary alicyclic amines) is 1. The number of anilines is 2. The first-order valence-corrected chi connectivity index (χ1v) is 13.2. The number of rotatable bonds is 5. The lowest BCUT2D eigenvalue weighted by Crippen LogP contribution is -2.44. The Morgan fingerprint density at radius 3 is 2.41 bits per heavy atom. The van der Waals surface area contributed by atoms with E-state index in [9.17, 15) is 14.4 Å². The molecule has 3 heterocycles. The molecule has 2 aromatic rings. The Morgan fingerprint density at radius 2 is 1.68 bits per heavy atom. The number of carbonyl (C=O) groups is 3. The number of aromatic nitrogens is 2. The van der Waals surface area contributed by atoms with Crippen molar-refractivity contribution in [1.29, 1.82) is 0 Å². The van der Waals surface area contributed by atoms with Gasteiger partial charge in [0.2, 0.25) is 22.9 Å². The number of hydrogen-bond acceptors (Lipinski definition) is 6. The quantitative estimate of drug-likeness (QED) is 0.701. The smallest absolute Gasteiger partial charge is 0.229 e. The minimum absolute atomic E-state index is 0.0107. The number of benzene rings is 1. The van der Waals surface area contributed by atoms with Gasteiger partial charge < -0.3 is 15.1 Å². The van der Waals surface area contributed by atoms with E-state index < -0.39 is 0 Å². The van der Waals surface area contributed by atoms with Gasteiger partial charge in [0, 0.05) is 43.6 Å². The number of piperidine rings is 1. The van der Waals surface area contributed by atoms with Gasteiger partial charge in [-0.2, -0.15) is 0 Å². The van der Waals surface area contributed by atoms with E-state index in [2.05, 4.69) is 15.5 Å². The highest BCUT2D eigenvalue weighted by molar-refractivity contribution is 7.15. The maximum Gasteiger partial charge on any atom is 0.229 e. The third-order valence-electron chi connectivity index (χ3n) is 7.34. The van der Waals surface area contributed by atoms with Crippen LogP contribution in [0, 0.1) is 11.8 Å². The molecule has 0 bridgehead atoms. The average molecular weight is 482 g/mol. The zero-order chi connectivity index (χ0) is 23.5. The summed E-state index contributed by atoms with van der Waals surface area (Å²) in [5, 5.41) is 13.1. The molecule has 2 aliphatic heterocycles. The maximum atomic E-state index is 13.1. The molecule has 9 heteroatoms. The number of amides is 3. The van der Waals surface area contributed by atoms with Crippen LogP contribution in [0.25, 0.3) is 0 Å². The molecule has 1 unspecified atom stereocenters. The van der Waals surface area contributed by atoms with Gasteiger partial charge in [0.05, 0.1) is 5.92 Å². The van der Waals surface area contributed by atoms with Crippen molar-refractivity contribution < 1.29 is 14.4 Å². The predicted octanol–water partition coefficient (Wildman–Crippen LogP) is 3.82. The summed E-state index contributed by atoms with van der Waals surface area (Å²) in [6.07, 6.45) is 7.57. The van der Waals surface area contributed by atoms with E-state index in [0.717, 1.165) is 23.5 Å². The van der Waals surface area contributed by atoms with Crippen LogP contribution in [0.4, 0.5) is 10.8 Å². The third kappa shape index (κ3) is 4.99. The van der Waals surface area contributed by atoms with Gasteiger partial charge in [-0.3, -0.25) is 14.4 Å². The molecule has 1 aromatic carbocycles. The lowest BCUT2D eigenvalue weighted by atomic mass is 9.90. The topological polar surface area (TPSA) is 95.5 Å². The molecule has 2 saturated heterocycles. The van der Waals surface area contributed by atoms with Crippen molar-refractivity contribution in [1.82, 2.24) is 15.1 Å². The Morgan fingerprint density at radius 1 is 0.941 bits per heavy atom. The fourth-order valence-corrected chi connectivity index (χ4v) is 6.27. The molecule has 180 valence electrons. The van der Waals surface area contributed by atoms with Crippen molar-refractivity contribution in [2.75, 3.05) is 29.9 Å². The Labute approximate surface area is 203 Å². The monoisotopic (exact) mass is 481 g/mol. The van der Waals surface area contributed by atoms with E-state index in [4.69, 9.17) is 0 Å². The van der Waals surface area contributed by atoms with Crippen molar-refractivity contribution in [3.63, 3.8) is 0 Å². The van der Waals surface area contributed by atoms with Gasteiger partial charge in [-0.15, -0.1) is 10.2 Å². The van der Waals surface area contributed by atoms with Crippen molar-refractivity contribution in [2.45, 2.75) is 57.3 Å². The standard InChI is InChI=1S/C25H31N5O3S/c31-21-15-19(16-30(21)20-9-5-2-6-10-20)24(33)29-13-11-17(12-14-29)22(32)26-25-28-27-23(34-25)18-7-3-1-4-8-18/h2,5-6,9-10,17-19H,1,3-4,7-8,11-16H2,(H,26,28,32). The summed E-state index contributed by atoms with van der Waals surface area (Å²) < 4.78 is 0. The fourth-order valence-electron chi connectivity index (χ4n) is 5.36. The maximum absolute atomic E-state index is 13.1. The molecule has 0 radical (unpaired) electrons. The number of para-hydroxylation sites is 1. The minimum atomic E-state index is -0.322. The van der Waals surface area contributed by atoms with Gasteiger partial charge in [0.1, 0.15) is 5.01 Å². The molecule has 3 amide bonds. The van der Waals surface area contributed by atoms with Gasteiger partial charge in [-0.25, -0.2) is 0 Å². The van der Waals surface area contributed by atoms with Crippen LogP contribution in [0.1, 0.15) is 62.3 Å². The van der Waals surface area contributed by atoms with Crippen LogP contribution in [-0.4, -0.2) is 52.5 Å². The Bertz CT molecular complexity index is 1030. The molecule has 1 aromatic heterocycles. The first kappa shape index (κ1) is 23.0. The largest absolute Gasteiger partial charge is 0.342 e. The molecule has 0 spiro atoms. The summed E-state index contributed by atoms with van der Waals surface area (Å²) in [4.78, 5) is 41.9. The van der Waals surface area contributed by atoms with Gasteiger partial charge >= 0.3 is 0 Å². The van der Waals surface area contributed by atoms with Gasteiger partial charge in [0.25, 0.3) is 0 Å². The zero-order valence-corrected chi connectivity index (χ0v) is 20.1. The molecule has 1 aliphatic carbocycles. The van der Waals surface area contributed by atoms with Crippen molar-refractivity contribution in [3.8, 4) is 0 Å². The molecule has 3 aliphatic rings. The molecule has 5 rings (SSSR count). The highest BCUT2D eigenvalue weighted by Crippen LogP contribution is 2.35. The second kappa shape index (κ2) is 10.2. The van der Waals surface area contributed by atoms with E-state index in [1.807, 2.05) is 35.2 Å². The molecular weight excluding hydrogens is 450 g/mol. The minimum Gasteiger partial charge on any atom is -0.342 e. The van der Waals surface area contributed by atoms with Crippen LogP contribution in [-0.2, 0) is 14.4 Å². The van der Waals surface area contributed by atoms with E-state index >= 15 is 0 Å². The molecule has 1 N–H and O–H groups in total. The summed E-state index contributed by atoms with van der Waals surface area (Å²) in [5.74, 6) is -0.0127. The molecule has 1 saturated carbocycles. The zero-order valence-electron chi connectivity index (χ0n) is 19.3. The lowest BCUT2D eigenvalue weighted by molar-refractivity contribution is -0.138. The highest BCUT2D eigenvalue weighted by Gasteiger charge is 2.38. The van der Waals surface area contributed by atoms with Crippen LogP contribution >= 0.6 is 11.3 Å². The molecule has 1 atom stereocenters. The number of nitrogens with zero attached hydrogens (tertiary/aromatic N) is 4. The summed E-state index contributed by atoms with van der Waals surface area (Å²) in [6.45, 7) is 1.50. The summed E-state index contributed by atoms with van der Waals surface area (Å²) in [7, 11) is 0. The molecule has 34 heavy (non-hydrogen) atoms.